The van der Waals surface area contributed by atoms with Gasteiger partial charge in [0.2, 0.25) is 0 Å². The van der Waals surface area contributed by atoms with E-state index < -0.39 is 0 Å². The number of benzene rings is 1. The number of pyridine rings is 1. The van der Waals surface area contributed by atoms with Crippen molar-refractivity contribution in [3.05, 3.63) is 71.6 Å². The lowest BCUT2D eigenvalue weighted by atomic mass is 9.94. The zero-order valence-corrected chi connectivity index (χ0v) is 18.0. The number of nitrogens with one attached hydrogen (secondary N) is 1. The second kappa shape index (κ2) is 9.39. The molecule has 0 bridgehead atoms. The fourth-order valence-corrected chi connectivity index (χ4v) is 4.17. The molecule has 162 valence electrons. The highest BCUT2D eigenvalue weighted by atomic mass is 16.3. The van der Waals surface area contributed by atoms with E-state index in [1.54, 1.807) is 12.5 Å². The van der Waals surface area contributed by atoms with E-state index >= 15 is 0 Å². The van der Waals surface area contributed by atoms with Crippen LogP contribution in [0.15, 0.2) is 48.9 Å². The number of hydrogen-bond donors (Lipinski definition) is 2. The Balaban J connectivity index is 1.41. The minimum absolute atomic E-state index is 0.00629. The number of rotatable bonds is 8. The highest BCUT2D eigenvalue weighted by Crippen LogP contribution is 2.24. The average Bonchev–Trinajstić information content (AvgIpc) is 3.36. The number of aliphatic hydroxyl groups is 1. The zero-order chi connectivity index (χ0) is 21.8. The van der Waals surface area contributed by atoms with Crippen LogP contribution in [-0.2, 0) is 19.9 Å². The van der Waals surface area contributed by atoms with E-state index in [2.05, 4.69) is 39.6 Å². The smallest absolute Gasteiger partial charge is 0.185 e. The van der Waals surface area contributed by atoms with Gasteiger partial charge in [-0.1, -0.05) is 31.2 Å². The maximum absolute atomic E-state index is 12.9. The quantitative estimate of drug-likeness (QED) is 0.544. The van der Waals surface area contributed by atoms with Crippen molar-refractivity contribution in [2.45, 2.75) is 57.1 Å². The van der Waals surface area contributed by atoms with E-state index in [1.165, 1.54) is 5.56 Å². The van der Waals surface area contributed by atoms with Crippen LogP contribution >= 0.6 is 0 Å². The lowest BCUT2D eigenvalue weighted by molar-refractivity contribution is 0.0988. The highest BCUT2D eigenvalue weighted by molar-refractivity contribution is 5.96. The van der Waals surface area contributed by atoms with E-state index in [0.29, 0.717) is 12.1 Å². The first kappa shape index (κ1) is 21.2. The summed E-state index contributed by atoms with van der Waals surface area (Å²) >= 11 is 0. The van der Waals surface area contributed by atoms with Crippen molar-refractivity contribution in [3.8, 4) is 0 Å². The second-order valence-corrected chi connectivity index (χ2v) is 8.55. The van der Waals surface area contributed by atoms with Crippen molar-refractivity contribution in [2.75, 3.05) is 5.32 Å². The summed E-state index contributed by atoms with van der Waals surface area (Å²) < 4.78 is 1.93. The molecule has 2 N–H and O–H groups in total. The summed E-state index contributed by atoms with van der Waals surface area (Å²) in [5.74, 6) is 1.20. The normalized spacial score (nSPS) is 19.3. The first-order valence-electron chi connectivity index (χ1n) is 10.8. The number of anilines is 1. The SMILES string of the molecule is C[C@H](Cc1nncn1C)c1cccc(CC(=O)c2cc(N[C@H]3CC[C@@H](O)C3)ccn2)c1. The first-order valence-corrected chi connectivity index (χ1v) is 10.8. The second-order valence-electron chi connectivity index (χ2n) is 8.55. The zero-order valence-electron chi connectivity index (χ0n) is 18.0. The molecule has 1 aliphatic rings. The summed E-state index contributed by atoms with van der Waals surface area (Å²) in [6.45, 7) is 2.16. The van der Waals surface area contributed by atoms with Gasteiger partial charge in [-0.25, -0.2) is 0 Å². The predicted molar refractivity (Wildman–Crippen MR) is 119 cm³/mol. The van der Waals surface area contributed by atoms with Gasteiger partial charge in [0.1, 0.15) is 17.8 Å². The van der Waals surface area contributed by atoms with Gasteiger partial charge in [0.05, 0.1) is 6.10 Å². The average molecular weight is 420 g/mol. The Labute approximate surface area is 182 Å². The fourth-order valence-electron chi connectivity index (χ4n) is 4.17. The highest BCUT2D eigenvalue weighted by Gasteiger charge is 2.22. The molecule has 7 heteroatoms. The van der Waals surface area contributed by atoms with Gasteiger partial charge in [0.15, 0.2) is 5.78 Å². The van der Waals surface area contributed by atoms with E-state index in [9.17, 15) is 9.90 Å². The molecular weight excluding hydrogens is 390 g/mol. The molecule has 1 fully saturated rings. The maximum atomic E-state index is 12.9. The molecule has 7 nitrogen and oxygen atoms in total. The van der Waals surface area contributed by atoms with Crippen LogP contribution < -0.4 is 5.32 Å². The molecule has 0 aliphatic heterocycles. The Hall–Kier alpha value is -3.06. The van der Waals surface area contributed by atoms with Crippen LogP contribution in [0.1, 0.15) is 59.5 Å². The lowest BCUT2D eigenvalue weighted by Gasteiger charge is -2.14. The third kappa shape index (κ3) is 5.35. The summed E-state index contributed by atoms with van der Waals surface area (Å²) in [5.41, 5.74) is 3.49. The molecular formula is C24H29N5O2. The summed E-state index contributed by atoms with van der Waals surface area (Å²) in [6, 6.07) is 12.1. The summed E-state index contributed by atoms with van der Waals surface area (Å²) in [4.78, 5) is 17.2. The van der Waals surface area contributed by atoms with Crippen LogP contribution in [-0.4, -0.2) is 42.8 Å². The largest absolute Gasteiger partial charge is 0.393 e. The van der Waals surface area contributed by atoms with Crippen molar-refractivity contribution >= 4 is 11.5 Å². The Morgan fingerprint density at radius 1 is 1.29 bits per heavy atom. The number of ketones is 1. The van der Waals surface area contributed by atoms with Gasteiger partial charge >= 0.3 is 0 Å². The van der Waals surface area contributed by atoms with Gasteiger partial charge < -0.3 is 15.0 Å². The molecule has 1 saturated carbocycles. The molecule has 1 aliphatic carbocycles. The van der Waals surface area contributed by atoms with Gasteiger partial charge in [-0.05, 0) is 48.4 Å². The van der Waals surface area contributed by atoms with Crippen LogP contribution in [0.25, 0.3) is 0 Å². The summed E-state index contributed by atoms with van der Waals surface area (Å²) in [6.07, 6.45) is 6.74. The van der Waals surface area contributed by atoms with Crippen molar-refractivity contribution in [3.63, 3.8) is 0 Å². The van der Waals surface area contributed by atoms with E-state index in [0.717, 1.165) is 42.8 Å². The standard InChI is InChI=1S/C24H29N5O2/c1-16(10-24-28-26-15-29(24)2)18-5-3-4-17(11-18)12-23(31)22-14-20(8-9-25-22)27-19-6-7-21(30)13-19/h3-5,8-9,11,14-16,19,21,30H,6-7,10,12-13H2,1-2H3,(H,25,27)/t16-,19+,21-/m1/s1. The maximum Gasteiger partial charge on any atom is 0.185 e. The molecule has 3 atom stereocenters. The minimum atomic E-state index is -0.233. The molecule has 0 saturated heterocycles. The van der Waals surface area contributed by atoms with Gasteiger partial charge in [-0.2, -0.15) is 0 Å². The number of aliphatic hydroxyl groups excluding tert-OH is 1. The fraction of sp³-hybridized carbons (Fsp3) is 0.417. The number of carbonyl (C=O) groups is 1. The molecule has 3 aromatic rings. The molecule has 0 amide bonds. The molecule has 2 aromatic heterocycles. The van der Waals surface area contributed by atoms with E-state index in [4.69, 9.17) is 0 Å². The summed E-state index contributed by atoms with van der Waals surface area (Å²) in [7, 11) is 1.95. The third-order valence-electron chi connectivity index (χ3n) is 6.00. The molecule has 4 rings (SSSR count). The molecule has 31 heavy (non-hydrogen) atoms. The number of hydrogen-bond acceptors (Lipinski definition) is 6. The van der Waals surface area contributed by atoms with Gasteiger partial charge in [-0.15, -0.1) is 10.2 Å². The molecule has 0 spiro atoms. The third-order valence-corrected chi connectivity index (χ3v) is 6.00. The van der Waals surface area contributed by atoms with E-state index in [1.807, 2.05) is 35.9 Å². The van der Waals surface area contributed by atoms with Crippen molar-refractivity contribution in [1.29, 1.82) is 0 Å². The van der Waals surface area contributed by atoms with Crippen molar-refractivity contribution in [2.24, 2.45) is 7.05 Å². The van der Waals surface area contributed by atoms with Crippen molar-refractivity contribution < 1.29 is 9.90 Å². The molecule has 0 radical (unpaired) electrons. The van der Waals surface area contributed by atoms with Gasteiger partial charge in [0, 0.05) is 37.8 Å². The Kier molecular flexibility index (Phi) is 6.42. The molecule has 1 aromatic carbocycles. The number of nitrogens with zero attached hydrogens (tertiary/aromatic N) is 4. The number of aromatic nitrogens is 4. The summed E-state index contributed by atoms with van der Waals surface area (Å²) in [5, 5.41) is 21.2. The Morgan fingerprint density at radius 3 is 2.90 bits per heavy atom. The number of carbonyl (C=O) groups excluding carboxylic acids is 1. The van der Waals surface area contributed by atoms with Crippen molar-refractivity contribution in [1.82, 2.24) is 19.7 Å². The van der Waals surface area contributed by atoms with Gasteiger partial charge in [-0.3, -0.25) is 9.78 Å². The monoisotopic (exact) mass is 419 g/mol. The van der Waals surface area contributed by atoms with Crippen LogP contribution in [0.3, 0.4) is 0 Å². The molecule has 0 unspecified atom stereocenters. The molecule has 2 heterocycles. The number of Topliss-reactive ketones (excluding diaryl/α,β-unsaturated/α-hetero) is 1. The Morgan fingerprint density at radius 2 is 2.16 bits per heavy atom. The topological polar surface area (TPSA) is 92.9 Å². The van der Waals surface area contributed by atoms with Crippen LogP contribution in [0.5, 0.6) is 0 Å². The van der Waals surface area contributed by atoms with Crippen LogP contribution in [0.4, 0.5) is 5.69 Å². The number of aryl methyl sites for hydroxylation is 1. The van der Waals surface area contributed by atoms with E-state index in [-0.39, 0.29) is 23.8 Å². The minimum Gasteiger partial charge on any atom is -0.393 e. The van der Waals surface area contributed by atoms with Crippen LogP contribution in [0, 0.1) is 0 Å². The Bertz CT molecular complexity index is 1050. The lowest BCUT2D eigenvalue weighted by Crippen LogP contribution is -2.17. The van der Waals surface area contributed by atoms with Crippen LogP contribution in [0.2, 0.25) is 0 Å². The predicted octanol–water partition coefficient (Wildman–Crippen LogP) is 3.31. The first-order chi connectivity index (χ1) is 15.0. The van der Waals surface area contributed by atoms with Gasteiger partial charge in [0.25, 0.3) is 0 Å².